The van der Waals surface area contributed by atoms with Crippen LogP contribution in [0.3, 0.4) is 0 Å². The van der Waals surface area contributed by atoms with Crippen molar-refractivity contribution >= 4 is 20.0 Å². The topological polar surface area (TPSA) is 102 Å². The number of ether oxygens (including phenoxy) is 2. The number of hydrogen-bond acceptors (Lipinski definition) is 6. The van der Waals surface area contributed by atoms with Gasteiger partial charge in [-0.1, -0.05) is 12.1 Å². The summed E-state index contributed by atoms with van der Waals surface area (Å²) >= 11 is 0. The van der Waals surface area contributed by atoms with Gasteiger partial charge in [0.15, 0.2) is 11.5 Å². The molecule has 0 atom stereocenters. The van der Waals surface area contributed by atoms with Crippen molar-refractivity contribution in [2.75, 3.05) is 28.3 Å². The molecule has 0 aliphatic heterocycles. The van der Waals surface area contributed by atoms with Crippen molar-refractivity contribution in [1.29, 1.82) is 0 Å². The van der Waals surface area contributed by atoms with Crippen molar-refractivity contribution in [3.8, 4) is 11.5 Å². The third-order valence-corrected chi connectivity index (χ3v) is 7.06. The number of nitrogens with one attached hydrogen (secondary N) is 1. The van der Waals surface area contributed by atoms with Gasteiger partial charge in [0, 0.05) is 26.7 Å². The Balaban J connectivity index is 2.16. The standard InChI is InChI=1S/C17H22N2O6S2/c1-19(2)27(22,23)14-7-5-13(6-8-14)12-18-26(20,21)15-9-10-16(24-3)17(11-15)25-4/h5-11,18H,12H2,1-4H3. The number of methoxy groups -OCH3 is 2. The van der Waals surface area contributed by atoms with Gasteiger partial charge < -0.3 is 9.47 Å². The van der Waals surface area contributed by atoms with Gasteiger partial charge >= 0.3 is 0 Å². The number of hydrogen-bond donors (Lipinski definition) is 1. The zero-order chi connectivity index (χ0) is 20.2. The summed E-state index contributed by atoms with van der Waals surface area (Å²) in [5, 5.41) is 0. The molecule has 2 aromatic carbocycles. The molecule has 10 heteroatoms. The van der Waals surface area contributed by atoms with Crippen molar-refractivity contribution in [3.05, 3.63) is 48.0 Å². The molecule has 0 amide bonds. The number of rotatable bonds is 8. The lowest BCUT2D eigenvalue weighted by atomic mass is 10.2. The van der Waals surface area contributed by atoms with Crippen LogP contribution in [-0.4, -0.2) is 49.5 Å². The average molecular weight is 415 g/mol. The molecular formula is C17H22N2O6S2. The summed E-state index contributed by atoms with van der Waals surface area (Å²) in [4.78, 5) is 0.172. The van der Waals surface area contributed by atoms with E-state index < -0.39 is 20.0 Å². The molecule has 0 radical (unpaired) electrons. The Morgan fingerprint density at radius 2 is 1.41 bits per heavy atom. The van der Waals surface area contributed by atoms with Crippen LogP contribution in [0.5, 0.6) is 11.5 Å². The molecule has 0 unspecified atom stereocenters. The Hall–Kier alpha value is -2.14. The number of nitrogens with zero attached hydrogens (tertiary/aromatic N) is 1. The van der Waals surface area contributed by atoms with Crippen LogP contribution in [0.15, 0.2) is 52.3 Å². The summed E-state index contributed by atoms with van der Waals surface area (Å²) in [5.74, 6) is 0.729. The van der Waals surface area contributed by atoms with Crippen LogP contribution < -0.4 is 14.2 Å². The Kier molecular flexibility index (Phi) is 6.47. The molecule has 0 heterocycles. The van der Waals surface area contributed by atoms with E-state index in [-0.39, 0.29) is 16.3 Å². The third-order valence-electron chi connectivity index (χ3n) is 3.83. The van der Waals surface area contributed by atoms with Gasteiger partial charge in [-0.15, -0.1) is 0 Å². The molecule has 2 aromatic rings. The first-order valence-corrected chi connectivity index (χ1v) is 10.8. The zero-order valence-electron chi connectivity index (χ0n) is 15.5. The second-order valence-electron chi connectivity index (χ2n) is 5.77. The predicted octanol–water partition coefficient (Wildman–Crippen LogP) is 1.43. The molecule has 148 valence electrons. The second kappa shape index (κ2) is 8.26. The van der Waals surface area contributed by atoms with E-state index in [9.17, 15) is 16.8 Å². The van der Waals surface area contributed by atoms with E-state index in [1.54, 1.807) is 12.1 Å². The van der Waals surface area contributed by atoms with Crippen LogP contribution in [-0.2, 0) is 26.6 Å². The SMILES string of the molecule is COc1ccc(S(=O)(=O)NCc2ccc(S(=O)(=O)N(C)C)cc2)cc1OC. The maximum Gasteiger partial charge on any atom is 0.242 e. The quantitative estimate of drug-likeness (QED) is 0.701. The summed E-state index contributed by atoms with van der Waals surface area (Å²) in [6.07, 6.45) is 0. The van der Waals surface area contributed by atoms with Gasteiger partial charge in [-0.25, -0.2) is 25.9 Å². The second-order valence-corrected chi connectivity index (χ2v) is 9.69. The molecule has 27 heavy (non-hydrogen) atoms. The van der Waals surface area contributed by atoms with Crippen LogP contribution in [0.25, 0.3) is 0 Å². The Morgan fingerprint density at radius 3 is 1.93 bits per heavy atom. The molecule has 0 spiro atoms. The lowest BCUT2D eigenvalue weighted by Crippen LogP contribution is -2.24. The summed E-state index contributed by atoms with van der Waals surface area (Å²) in [6, 6.07) is 10.3. The molecule has 0 bridgehead atoms. The molecular weight excluding hydrogens is 392 g/mol. The van der Waals surface area contributed by atoms with Gasteiger partial charge in [-0.05, 0) is 29.8 Å². The maximum absolute atomic E-state index is 12.5. The first kappa shape index (κ1) is 21.2. The van der Waals surface area contributed by atoms with E-state index >= 15 is 0 Å². The molecule has 0 fully saturated rings. The lowest BCUT2D eigenvalue weighted by molar-refractivity contribution is 0.354. The summed E-state index contributed by atoms with van der Waals surface area (Å²) in [5.41, 5.74) is 0.622. The Morgan fingerprint density at radius 1 is 0.852 bits per heavy atom. The normalized spacial score (nSPS) is 12.2. The van der Waals surface area contributed by atoms with Gasteiger partial charge in [0.25, 0.3) is 0 Å². The highest BCUT2D eigenvalue weighted by Crippen LogP contribution is 2.29. The first-order valence-electron chi connectivity index (χ1n) is 7.85. The van der Waals surface area contributed by atoms with Crippen LogP contribution in [0.4, 0.5) is 0 Å². The molecule has 0 aliphatic rings. The fourth-order valence-electron chi connectivity index (χ4n) is 2.24. The van der Waals surface area contributed by atoms with E-state index in [1.165, 1.54) is 58.6 Å². The highest BCUT2D eigenvalue weighted by Gasteiger charge is 2.18. The van der Waals surface area contributed by atoms with E-state index in [4.69, 9.17) is 9.47 Å². The Bertz CT molecular complexity index is 1000. The van der Waals surface area contributed by atoms with Crippen LogP contribution >= 0.6 is 0 Å². The van der Waals surface area contributed by atoms with E-state index in [0.29, 0.717) is 17.1 Å². The Labute approximate surface area is 159 Å². The predicted molar refractivity (Wildman–Crippen MR) is 101 cm³/mol. The number of sulfonamides is 2. The third kappa shape index (κ3) is 4.78. The van der Waals surface area contributed by atoms with Gasteiger partial charge in [0.05, 0.1) is 24.0 Å². The minimum absolute atomic E-state index is 0.0129. The van der Waals surface area contributed by atoms with Crippen LogP contribution in [0.2, 0.25) is 0 Å². The minimum Gasteiger partial charge on any atom is -0.493 e. The minimum atomic E-state index is -3.78. The number of benzene rings is 2. The van der Waals surface area contributed by atoms with E-state index in [1.807, 2.05) is 0 Å². The summed E-state index contributed by atoms with van der Waals surface area (Å²) < 4.78 is 62.9. The van der Waals surface area contributed by atoms with E-state index in [2.05, 4.69) is 4.72 Å². The molecule has 0 aliphatic carbocycles. The molecule has 0 saturated heterocycles. The first-order chi connectivity index (χ1) is 12.6. The lowest BCUT2D eigenvalue weighted by Gasteiger charge is -2.12. The molecule has 8 nitrogen and oxygen atoms in total. The van der Waals surface area contributed by atoms with Crippen LogP contribution in [0, 0.1) is 0 Å². The fraction of sp³-hybridized carbons (Fsp3) is 0.294. The largest absolute Gasteiger partial charge is 0.493 e. The van der Waals surface area contributed by atoms with Gasteiger partial charge in [0.2, 0.25) is 20.0 Å². The smallest absolute Gasteiger partial charge is 0.242 e. The van der Waals surface area contributed by atoms with Gasteiger partial charge in [-0.2, -0.15) is 0 Å². The van der Waals surface area contributed by atoms with Crippen molar-refractivity contribution in [2.45, 2.75) is 16.3 Å². The fourth-order valence-corrected chi connectivity index (χ4v) is 4.17. The van der Waals surface area contributed by atoms with Crippen molar-refractivity contribution in [2.24, 2.45) is 0 Å². The van der Waals surface area contributed by atoms with Crippen molar-refractivity contribution in [1.82, 2.24) is 9.03 Å². The van der Waals surface area contributed by atoms with Gasteiger partial charge in [-0.3, -0.25) is 0 Å². The summed E-state index contributed by atoms with van der Waals surface area (Å²) in [7, 11) is -1.53. The van der Waals surface area contributed by atoms with Crippen molar-refractivity contribution in [3.63, 3.8) is 0 Å². The van der Waals surface area contributed by atoms with E-state index in [0.717, 1.165) is 4.31 Å². The average Bonchev–Trinajstić information content (AvgIpc) is 2.66. The highest BCUT2D eigenvalue weighted by molar-refractivity contribution is 7.89. The monoisotopic (exact) mass is 414 g/mol. The van der Waals surface area contributed by atoms with Gasteiger partial charge in [0.1, 0.15) is 0 Å². The molecule has 1 N–H and O–H groups in total. The summed E-state index contributed by atoms with van der Waals surface area (Å²) in [6.45, 7) is 0.0129. The molecule has 0 saturated carbocycles. The molecule has 0 aromatic heterocycles. The highest BCUT2D eigenvalue weighted by atomic mass is 32.2. The molecule has 2 rings (SSSR count). The van der Waals surface area contributed by atoms with Crippen LogP contribution in [0.1, 0.15) is 5.56 Å². The maximum atomic E-state index is 12.5. The van der Waals surface area contributed by atoms with Crippen molar-refractivity contribution < 1.29 is 26.3 Å². The zero-order valence-corrected chi connectivity index (χ0v) is 17.1.